The summed E-state index contributed by atoms with van der Waals surface area (Å²) in [7, 11) is 6.25. The average Bonchev–Trinajstić information content (AvgIpc) is 2.91. The van der Waals surface area contributed by atoms with Crippen molar-refractivity contribution in [2.45, 2.75) is 45.7 Å². The molecule has 1 atom stereocenters. The predicted molar refractivity (Wildman–Crippen MR) is 102 cm³/mol. The van der Waals surface area contributed by atoms with Gasteiger partial charge in [0.2, 0.25) is 0 Å². The highest BCUT2D eigenvalue weighted by atomic mass is 15.3. The van der Waals surface area contributed by atoms with E-state index >= 15 is 0 Å². The standard InChI is InChI=1S/C20H31N5/c1-15-8-9-17(16(2)11-15)12-25-10-6-7-18(13-25)20-22-21-19(24(20)5)14-23(3)4/h8-9,11,18H,6-7,10,12-14H2,1-5H3/t18-/m1/s1. The summed E-state index contributed by atoms with van der Waals surface area (Å²) in [5.41, 5.74) is 4.18. The summed E-state index contributed by atoms with van der Waals surface area (Å²) < 4.78 is 2.20. The van der Waals surface area contributed by atoms with E-state index in [0.717, 1.165) is 31.3 Å². The van der Waals surface area contributed by atoms with Crippen LogP contribution in [0.3, 0.4) is 0 Å². The maximum atomic E-state index is 4.52. The van der Waals surface area contributed by atoms with E-state index in [-0.39, 0.29) is 0 Å². The number of rotatable bonds is 5. The largest absolute Gasteiger partial charge is 0.317 e. The first-order valence-electron chi connectivity index (χ1n) is 9.25. The molecule has 1 aliphatic rings. The highest BCUT2D eigenvalue weighted by Crippen LogP contribution is 2.27. The van der Waals surface area contributed by atoms with Crippen molar-refractivity contribution >= 4 is 0 Å². The Bertz CT molecular complexity index is 719. The minimum Gasteiger partial charge on any atom is -0.317 e. The molecule has 0 saturated carbocycles. The molecule has 1 aromatic carbocycles. The van der Waals surface area contributed by atoms with Crippen LogP contribution in [0, 0.1) is 13.8 Å². The molecule has 1 fully saturated rings. The van der Waals surface area contributed by atoms with Crippen molar-refractivity contribution in [3.8, 4) is 0 Å². The number of benzene rings is 1. The molecule has 2 heterocycles. The van der Waals surface area contributed by atoms with E-state index in [9.17, 15) is 0 Å². The number of hydrogen-bond donors (Lipinski definition) is 0. The lowest BCUT2D eigenvalue weighted by Gasteiger charge is -2.32. The Kier molecular flexibility index (Phi) is 5.54. The highest BCUT2D eigenvalue weighted by Gasteiger charge is 2.26. The third-order valence-corrected chi connectivity index (χ3v) is 5.22. The highest BCUT2D eigenvalue weighted by molar-refractivity contribution is 5.30. The molecule has 25 heavy (non-hydrogen) atoms. The van der Waals surface area contributed by atoms with Crippen LogP contribution >= 0.6 is 0 Å². The van der Waals surface area contributed by atoms with E-state index in [1.54, 1.807) is 0 Å². The Morgan fingerprint density at radius 3 is 2.72 bits per heavy atom. The number of hydrogen-bond acceptors (Lipinski definition) is 4. The van der Waals surface area contributed by atoms with Crippen LogP contribution in [-0.4, -0.2) is 51.7 Å². The predicted octanol–water partition coefficient (Wildman–Crippen LogP) is 2.87. The van der Waals surface area contributed by atoms with E-state index in [1.807, 2.05) is 0 Å². The smallest absolute Gasteiger partial charge is 0.146 e. The zero-order valence-corrected chi connectivity index (χ0v) is 16.3. The lowest BCUT2D eigenvalue weighted by molar-refractivity contribution is 0.194. The summed E-state index contributed by atoms with van der Waals surface area (Å²) in [4.78, 5) is 4.72. The van der Waals surface area contributed by atoms with Gasteiger partial charge in [-0.25, -0.2) is 0 Å². The lowest BCUT2D eigenvalue weighted by Crippen LogP contribution is -2.35. The normalized spacial score (nSPS) is 18.9. The molecule has 1 aromatic heterocycles. The number of piperidine rings is 1. The molecule has 0 aliphatic carbocycles. The van der Waals surface area contributed by atoms with Crippen molar-refractivity contribution < 1.29 is 0 Å². The van der Waals surface area contributed by atoms with Gasteiger partial charge in [-0.1, -0.05) is 23.8 Å². The van der Waals surface area contributed by atoms with E-state index in [4.69, 9.17) is 0 Å². The van der Waals surface area contributed by atoms with E-state index in [2.05, 4.69) is 77.8 Å². The van der Waals surface area contributed by atoms with Crippen LogP contribution in [0.25, 0.3) is 0 Å². The maximum absolute atomic E-state index is 4.52. The number of likely N-dealkylation sites (tertiary alicyclic amines) is 1. The van der Waals surface area contributed by atoms with Gasteiger partial charge in [-0.2, -0.15) is 0 Å². The molecule has 0 amide bonds. The van der Waals surface area contributed by atoms with Gasteiger partial charge in [-0.15, -0.1) is 10.2 Å². The van der Waals surface area contributed by atoms with Crippen molar-refractivity contribution in [1.29, 1.82) is 0 Å². The van der Waals surface area contributed by atoms with Gasteiger partial charge in [-0.05, 0) is 58.5 Å². The molecule has 3 rings (SSSR count). The van der Waals surface area contributed by atoms with Crippen LogP contribution in [0.1, 0.15) is 47.1 Å². The Hall–Kier alpha value is -1.72. The van der Waals surface area contributed by atoms with Crippen molar-refractivity contribution in [2.75, 3.05) is 27.2 Å². The Labute approximate surface area is 151 Å². The second kappa shape index (κ2) is 7.67. The maximum Gasteiger partial charge on any atom is 0.146 e. The fourth-order valence-electron chi connectivity index (χ4n) is 3.83. The minimum absolute atomic E-state index is 0.480. The summed E-state index contributed by atoms with van der Waals surface area (Å²) in [5.74, 6) is 2.67. The van der Waals surface area contributed by atoms with Gasteiger partial charge in [0, 0.05) is 26.1 Å². The molecule has 0 spiro atoms. The van der Waals surface area contributed by atoms with Gasteiger partial charge in [-0.3, -0.25) is 4.90 Å². The van der Waals surface area contributed by atoms with Crippen molar-refractivity contribution in [3.05, 3.63) is 46.5 Å². The molecule has 0 N–H and O–H groups in total. The van der Waals surface area contributed by atoms with Crippen LogP contribution in [0.4, 0.5) is 0 Å². The first kappa shape index (κ1) is 18.1. The van der Waals surface area contributed by atoms with Gasteiger partial charge in [0.1, 0.15) is 11.6 Å². The summed E-state index contributed by atoms with van der Waals surface area (Å²) in [5, 5.41) is 8.94. The summed E-state index contributed by atoms with van der Waals surface area (Å²) in [6, 6.07) is 6.79. The van der Waals surface area contributed by atoms with E-state index < -0.39 is 0 Å². The van der Waals surface area contributed by atoms with Gasteiger partial charge in [0.15, 0.2) is 0 Å². The van der Waals surface area contributed by atoms with Crippen LogP contribution < -0.4 is 0 Å². The van der Waals surface area contributed by atoms with E-state index in [1.165, 1.54) is 36.1 Å². The molecule has 2 aromatic rings. The zero-order valence-electron chi connectivity index (χ0n) is 16.3. The Morgan fingerprint density at radius 1 is 1.20 bits per heavy atom. The zero-order chi connectivity index (χ0) is 18.0. The van der Waals surface area contributed by atoms with Crippen molar-refractivity contribution in [1.82, 2.24) is 24.6 Å². The monoisotopic (exact) mass is 341 g/mol. The van der Waals surface area contributed by atoms with Gasteiger partial charge < -0.3 is 9.47 Å². The summed E-state index contributed by atoms with van der Waals surface area (Å²) in [6.45, 7) is 8.49. The van der Waals surface area contributed by atoms with Crippen LogP contribution in [0.15, 0.2) is 18.2 Å². The summed E-state index contributed by atoms with van der Waals surface area (Å²) in [6.07, 6.45) is 2.43. The lowest BCUT2D eigenvalue weighted by atomic mass is 9.96. The van der Waals surface area contributed by atoms with Crippen molar-refractivity contribution in [3.63, 3.8) is 0 Å². The molecular formula is C20H31N5. The fraction of sp³-hybridized carbons (Fsp3) is 0.600. The minimum atomic E-state index is 0.480. The molecule has 5 nitrogen and oxygen atoms in total. The number of aryl methyl sites for hydroxylation is 2. The molecule has 0 radical (unpaired) electrons. The first-order valence-corrected chi connectivity index (χ1v) is 9.25. The molecule has 136 valence electrons. The quantitative estimate of drug-likeness (QED) is 0.838. The average molecular weight is 342 g/mol. The third kappa shape index (κ3) is 4.28. The molecule has 0 unspecified atom stereocenters. The molecule has 5 heteroatoms. The van der Waals surface area contributed by atoms with Crippen LogP contribution in [0.5, 0.6) is 0 Å². The van der Waals surface area contributed by atoms with Gasteiger partial charge >= 0.3 is 0 Å². The second-order valence-electron chi connectivity index (χ2n) is 7.78. The van der Waals surface area contributed by atoms with Crippen LogP contribution in [0.2, 0.25) is 0 Å². The molecule has 0 bridgehead atoms. The van der Waals surface area contributed by atoms with Gasteiger partial charge in [0.25, 0.3) is 0 Å². The molecule has 1 aliphatic heterocycles. The van der Waals surface area contributed by atoms with Crippen LogP contribution in [-0.2, 0) is 20.1 Å². The SMILES string of the molecule is Cc1ccc(CN2CCC[C@@H](c3nnc(CN(C)C)n3C)C2)c(C)c1. The van der Waals surface area contributed by atoms with Gasteiger partial charge in [0.05, 0.1) is 6.54 Å². The number of nitrogens with zero attached hydrogens (tertiary/aromatic N) is 5. The molecule has 1 saturated heterocycles. The second-order valence-corrected chi connectivity index (χ2v) is 7.78. The summed E-state index contributed by atoms with van der Waals surface area (Å²) >= 11 is 0. The van der Waals surface area contributed by atoms with Crippen molar-refractivity contribution in [2.24, 2.45) is 7.05 Å². The number of aromatic nitrogens is 3. The van der Waals surface area contributed by atoms with E-state index in [0.29, 0.717) is 5.92 Å². The Balaban J connectivity index is 1.70. The first-order chi connectivity index (χ1) is 11.9. The molecular weight excluding hydrogens is 310 g/mol. The topological polar surface area (TPSA) is 37.2 Å². The Morgan fingerprint density at radius 2 is 2.00 bits per heavy atom. The third-order valence-electron chi connectivity index (χ3n) is 5.22. The fourth-order valence-corrected chi connectivity index (χ4v) is 3.83.